The normalized spacial score (nSPS) is 17.7. The van der Waals surface area contributed by atoms with Gasteiger partial charge in [-0.3, -0.25) is 4.79 Å². The second-order valence-electron chi connectivity index (χ2n) is 7.81. The van der Waals surface area contributed by atoms with Crippen LogP contribution in [0, 0.1) is 11.3 Å². The fourth-order valence-corrected chi connectivity index (χ4v) is 4.11. The fourth-order valence-electron chi connectivity index (χ4n) is 4.11. The van der Waals surface area contributed by atoms with Gasteiger partial charge in [-0.1, -0.05) is 36.4 Å². The second kappa shape index (κ2) is 9.12. The number of aliphatic hydroxyl groups excluding tert-OH is 1. The highest BCUT2D eigenvalue weighted by molar-refractivity contribution is 5.96. The number of methoxy groups -OCH3 is 1. The van der Waals surface area contributed by atoms with E-state index >= 15 is 0 Å². The minimum Gasteiger partial charge on any atom is -0.496 e. The molecule has 164 valence electrons. The predicted octanol–water partition coefficient (Wildman–Crippen LogP) is 3.03. The van der Waals surface area contributed by atoms with E-state index in [2.05, 4.69) is 16.5 Å². The Bertz CT molecular complexity index is 1160. The third kappa shape index (κ3) is 4.03. The summed E-state index contributed by atoms with van der Waals surface area (Å²) in [6.07, 6.45) is 1.88. The summed E-state index contributed by atoms with van der Waals surface area (Å²) < 4.78 is 6.83. The molecule has 2 aromatic carbocycles. The Morgan fingerprint density at radius 3 is 2.69 bits per heavy atom. The van der Waals surface area contributed by atoms with Crippen molar-refractivity contribution in [3.05, 3.63) is 65.2 Å². The molecule has 1 aliphatic rings. The number of nitriles is 1. The van der Waals surface area contributed by atoms with Crippen LogP contribution in [0.4, 0.5) is 5.82 Å². The van der Waals surface area contributed by atoms with Gasteiger partial charge >= 0.3 is 0 Å². The van der Waals surface area contributed by atoms with E-state index in [-0.39, 0.29) is 17.8 Å². The summed E-state index contributed by atoms with van der Waals surface area (Å²) in [6.45, 7) is 0.340. The number of amides is 1. The number of rotatable bonds is 6. The Kier molecular flexibility index (Phi) is 6.10. The van der Waals surface area contributed by atoms with E-state index in [9.17, 15) is 15.2 Å². The fraction of sp³-hybridized carbons (Fsp3) is 0.292. The smallest absolute Gasteiger partial charge is 0.255 e. The third-order valence-electron chi connectivity index (χ3n) is 5.85. The number of para-hydroxylation sites is 1. The van der Waals surface area contributed by atoms with Gasteiger partial charge in [-0.25, -0.2) is 4.68 Å². The number of hydrogen-bond donors (Lipinski definition) is 3. The van der Waals surface area contributed by atoms with Crippen molar-refractivity contribution in [3.8, 4) is 23.1 Å². The maximum absolute atomic E-state index is 12.5. The second-order valence-corrected chi connectivity index (χ2v) is 7.81. The van der Waals surface area contributed by atoms with Gasteiger partial charge in [0.25, 0.3) is 5.91 Å². The average molecular weight is 431 g/mol. The van der Waals surface area contributed by atoms with Gasteiger partial charge in [-0.05, 0) is 37.0 Å². The van der Waals surface area contributed by atoms with Crippen molar-refractivity contribution in [2.24, 2.45) is 0 Å². The van der Waals surface area contributed by atoms with Crippen molar-refractivity contribution in [1.29, 1.82) is 5.26 Å². The molecule has 8 nitrogen and oxygen atoms in total. The molecule has 0 aliphatic heterocycles. The number of hydrogen-bond acceptors (Lipinski definition) is 6. The molecular weight excluding hydrogens is 406 g/mol. The highest BCUT2D eigenvalue weighted by Gasteiger charge is 2.31. The molecule has 0 radical (unpaired) electrons. The predicted molar refractivity (Wildman–Crippen MR) is 120 cm³/mol. The molecule has 1 heterocycles. The van der Waals surface area contributed by atoms with Crippen molar-refractivity contribution in [2.45, 2.75) is 38.0 Å². The standard InChI is InChI=1S/C24H25N5O3/c1-32-21-8-3-2-5-17(21)24(31)27-14-15-9-11-16(12-10-15)22-18(13-25)23(26)29(28-22)19-6-4-7-20(19)30/h2-3,5,8-12,19-20,30H,4,6-7,14,26H2,1H3,(H,27,31)/t19-,20-/m1/s1. The van der Waals surface area contributed by atoms with Crippen LogP contribution < -0.4 is 15.8 Å². The van der Waals surface area contributed by atoms with Crippen LogP contribution >= 0.6 is 0 Å². The Hall–Kier alpha value is -3.83. The molecule has 8 heteroatoms. The lowest BCUT2D eigenvalue weighted by atomic mass is 10.1. The van der Waals surface area contributed by atoms with E-state index in [1.165, 1.54) is 7.11 Å². The van der Waals surface area contributed by atoms with E-state index in [0.29, 0.717) is 35.5 Å². The quantitative estimate of drug-likeness (QED) is 0.551. The molecule has 1 amide bonds. The van der Waals surface area contributed by atoms with Gasteiger partial charge in [-0.2, -0.15) is 10.4 Å². The lowest BCUT2D eigenvalue weighted by Crippen LogP contribution is -2.23. The van der Waals surface area contributed by atoms with Gasteiger partial charge in [0.05, 0.1) is 24.8 Å². The van der Waals surface area contributed by atoms with Gasteiger partial charge in [0.2, 0.25) is 0 Å². The van der Waals surface area contributed by atoms with Crippen LogP contribution in [-0.2, 0) is 6.54 Å². The summed E-state index contributed by atoms with van der Waals surface area (Å²) in [6, 6.07) is 16.4. The van der Waals surface area contributed by atoms with E-state index < -0.39 is 6.10 Å². The molecular formula is C24H25N5O3. The zero-order valence-electron chi connectivity index (χ0n) is 17.8. The first kappa shape index (κ1) is 21.4. The van der Waals surface area contributed by atoms with Gasteiger partial charge in [-0.15, -0.1) is 0 Å². The number of nitrogen functional groups attached to an aromatic ring is 1. The molecule has 0 spiro atoms. The zero-order valence-corrected chi connectivity index (χ0v) is 17.8. The molecule has 1 aromatic heterocycles. The molecule has 32 heavy (non-hydrogen) atoms. The first-order valence-electron chi connectivity index (χ1n) is 10.5. The van der Waals surface area contributed by atoms with Crippen LogP contribution in [0.15, 0.2) is 48.5 Å². The number of nitrogens with one attached hydrogen (secondary N) is 1. The number of nitrogens with zero attached hydrogens (tertiary/aromatic N) is 3. The van der Waals surface area contributed by atoms with Crippen LogP contribution in [0.2, 0.25) is 0 Å². The number of nitrogens with two attached hydrogens (primary N) is 1. The monoisotopic (exact) mass is 431 g/mol. The van der Waals surface area contributed by atoms with Gasteiger partial charge < -0.3 is 20.9 Å². The summed E-state index contributed by atoms with van der Waals surface area (Å²) in [4.78, 5) is 12.5. The van der Waals surface area contributed by atoms with Crippen molar-refractivity contribution in [2.75, 3.05) is 12.8 Å². The highest BCUT2D eigenvalue weighted by atomic mass is 16.5. The van der Waals surface area contributed by atoms with Crippen molar-refractivity contribution < 1.29 is 14.6 Å². The first-order valence-corrected chi connectivity index (χ1v) is 10.5. The van der Waals surface area contributed by atoms with E-state index in [4.69, 9.17) is 10.5 Å². The molecule has 4 N–H and O–H groups in total. The number of anilines is 1. The number of carbonyl (C=O) groups excluding carboxylic acids is 1. The number of aromatic nitrogens is 2. The zero-order chi connectivity index (χ0) is 22.7. The SMILES string of the molecule is COc1ccccc1C(=O)NCc1ccc(-c2nn([C@@H]3CCC[C@H]3O)c(N)c2C#N)cc1. The molecule has 4 rings (SSSR count). The van der Waals surface area contributed by atoms with E-state index in [1.54, 1.807) is 22.9 Å². The van der Waals surface area contributed by atoms with E-state index in [1.807, 2.05) is 30.3 Å². The van der Waals surface area contributed by atoms with Gasteiger partial charge in [0.1, 0.15) is 28.9 Å². The van der Waals surface area contributed by atoms with Crippen LogP contribution in [0.25, 0.3) is 11.3 Å². The van der Waals surface area contributed by atoms with E-state index in [0.717, 1.165) is 24.0 Å². The minimum atomic E-state index is -0.509. The number of aliphatic hydroxyl groups is 1. The number of carbonyl (C=O) groups is 1. The molecule has 1 fully saturated rings. The van der Waals surface area contributed by atoms with Crippen LogP contribution in [0.3, 0.4) is 0 Å². The maximum Gasteiger partial charge on any atom is 0.255 e. The van der Waals surface area contributed by atoms with Crippen LogP contribution in [0.5, 0.6) is 5.75 Å². The summed E-state index contributed by atoms with van der Waals surface area (Å²) in [5.74, 6) is 0.575. The Morgan fingerprint density at radius 2 is 2.03 bits per heavy atom. The van der Waals surface area contributed by atoms with Crippen LogP contribution in [0.1, 0.15) is 46.8 Å². The third-order valence-corrected chi connectivity index (χ3v) is 5.85. The largest absolute Gasteiger partial charge is 0.496 e. The Morgan fingerprint density at radius 1 is 1.28 bits per heavy atom. The lowest BCUT2D eigenvalue weighted by Gasteiger charge is -2.16. The Balaban J connectivity index is 1.50. The van der Waals surface area contributed by atoms with Crippen molar-refractivity contribution in [1.82, 2.24) is 15.1 Å². The Labute approximate surface area is 186 Å². The molecule has 1 saturated carbocycles. The molecule has 1 aliphatic carbocycles. The lowest BCUT2D eigenvalue weighted by molar-refractivity contribution is 0.0948. The molecule has 0 saturated heterocycles. The van der Waals surface area contributed by atoms with Gasteiger partial charge in [0.15, 0.2) is 0 Å². The summed E-state index contributed by atoms with van der Waals surface area (Å²) in [5, 5.41) is 27.3. The number of benzene rings is 2. The molecule has 2 atom stereocenters. The first-order chi connectivity index (χ1) is 15.5. The summed E-state index contributed by atoms with van der Waals surface area (Å²) in [5.41, 5.74) is 9.11. The minimum absolute atomic E-state index is 0.208. The van der Waals surface area contributed by atoms with Crippen molar-refractivity contribution >= 4 is 11.7 Å². The molecule has 0 bridgehead atoms. The molecule has 0 unspecified atom stereocenters. The maximum atomic E-state index is 12.5. The van der Waals surface area contributed by atoms with Crippen LogP contribution in [-0.4, -0.2) is 34.0 Å². The summed E-state index contributed by atoms with van der Waals surface area (Å²) >= 11 is 0. The topological polar surface area (TPSA) is 126 Å². The van der Waals surface area contributed by atoms with Gasteiger partial charge in [0, 0.05) is 12.1 Å². The van der Waals surface area contributed by atoms with Crippen molar-refractivity contribution in [3.63, 3.8) is 0 Å². The summed E-state index contributed by atoms with van der Waals surface area (Å²) in [7, 11) is 1.53. The highest BCUT2D eigenvalue weighted by Crippen LogP contribution is 2.35. The number of ether oxygens (including phenoxy) is 1. The molecule has 3 aromatic rings. The average Bonchev–Trinajstić information content (AvgIpc) is 3.39.